The fourth-order valence-corrected chi connectivity index (χ4v) is 3.20. The molecule has 0 atom stereocenters. The topological polar surface area (TPSA) is 67.8 Å². The molecule has 0 aliphatic rings. The second-order valence-corrected chi connectivity index (χ2v) is 7.12. The molecule has 31 heavy (non-hydrogen) atoms. The van der Waals surface area contributed by atoms with Crippen LogP contribution in [0.4, 0.5) is 18.9 Å². The minimum atomic E-state index is -4.42. The summed E-state index contributed by atoms with van der Waals surface area (Å²) in [6.07, 6.45) is -1.48. The van der Waals surface area contributed by atoms with Gasteiger partial charge in [0.25, 0.3) is 5.91 Å². The number of rotatable bonds is 3. The van der Waals surface area contributed by atoms with E-state index < -0.39 is 11.7 Å². The van der Waals surface area contributed by atoms with Gasteiger partial charge in [-0.3, -0.25) is 9.78 Å². The highest BCUT2D eigenvalue weighted by molar-refractivity contribution is 6.04. The molecule has 0 saturated carbocycles. The van der Waals surface area contributed by atoms with E-state index in [1.54, 1.807) is 24.4 Å². The monoisotopic (exact) mass is 422 g/mol. The van der Waals surface area contributed by atoms with Gasteiger partial charge in [0.05, 0.1) is 11.1 Å². The van der Waals surface area contributed by atoms with Gasteiger partial charge in [-0.15, -0.1) is 0 Å². The van der Waals surface area contributed by atoms with E-state index in [1.807, 2.05) is 26.0 Å². The lowest BCUT2D eigenvalue weighted by Crippen LogP contribution is -2.15. The number of nitrogens with zero attached hydrogens (tertiary/aromatic N) is 3. The van der Waals surface area contributed by atoms with E-state index in [0.717, 1.165) is 23.3 Å². The van der Waals surface area contributed by atoms with Gasteiger partial charge in [-0.1, -0.05) is 6.07 Å². The number of alkyl halides is 3. The Morgan fingerprint density at radius 2 is 1.77 bits per heavy atom. The predicted octanol–water partition coefficient (Wildman–Crippen LogP) is 5.58. The number of benzene rings is 2. The Morgan fingerprint density at radius 3 is 2.48 bits per heavy atom. The van der Waals surface area contributed by atoms with Crippen LogP contribution in [-0.4, -0.2) is 20.9 Å². The molecule has 8 heteroatoms. The standard InChI is InChI=1S/C23H17F3N4O/c1-13-4-3-9-27-20(13)22(31)30-18-7-5-15(10-14(18)2)21-28-12-16-11-17(23(24,25)26)6-8-19(16)29-21/h3-12H,1-2H3,(H,30,31). The summed E-state index contributed by atoms with van der Waals surface area (Å²) < 4.78 is 38.7. The van der Waals surface area contributed by atoms with Crippen LogP contribution in [0.25, 0.3) is 22.3 Å². The van der Waals surface area contributed by atoms with Crippen molar-refractivity contribution in [2.75, 3.05) is 5.32 Å². The van der Waals surface area contributed by atoms with Crippen molar-refractivity contribution in [1.82, 2.24) is 15.0 Å². The summed E-state index contributed by atoms with van der Waals surface area (Å²) in [5.41, 5.74) is 2.89. The van der Waals surface area contributed by atoms with Crippen molar-refractivity contribution < 1.29 is 18.0 Å². The lowest BCUT2D eigenvalue weighted by atomic mass is 10.1. The van der Waals surface area contributed by atoms with E-state index in [0.29, 0.717) is 33.7 Å². The number of fused-ring (bicyclic) bond motifs is 1. The van der Waals surface area contributed by atoms with Crippen LogP contribution in [0.5, 0.6) is 0 Å². The highest BCUT2D eigenvalue weighted by Crippen LogP contribution is 2.31. The predicted molar refractivity (Wildman–Crippen MR) is 112 cm³/mol. The summed E-state index contributed by atoms with van der Waals surface area (Å²) in [5.74, 6) is 0.0742. The highest BCUT2D eigenvalue weighted by Gasteiger charge is 2.30. The number of hydrogen-bond acceptors (Lipinski definition) is 4. The van der Waals surface area contributed by atoms with Gasteiger partial charge in [0, 0.05) is 29.0 Å². The van der Waals surface area contributed by atoms with Gasteiger partial charge in [0.15, 0.2) is 5.82 Å². The zero-order valence-electron chi connectivity index (χ0n) is 16.7. The van der Waals surface area contributed by atoms with Crippen LogP contribution in [-0.2, 0) is 6.18 Å². The largest absolute Gasteiger partial charge is 0.416 e. The lowest BCUT2D eigenvalue weighted by molar-refractivity contribution is -0.137. The Hall–Kier alpha value is -3.81. The maximum atomic E-state index is 12.9. The number of aryl methyl sites for hydroxylation is 2. The van der Waals surface area contributed by atoms with Gasteiger partial charge in [0.1, 0.15) is 5.69 Å². The van der Waals surface area contributed by atoms with Crippen LogP contribution in [0, 0.1) is 13.8 Å². The number of halogens is 3. The molecule has 0 spiro atoms. The summed E-state index contributed by atoms with van der Waals surface area (Å²) >= 11 is 0. The minimum Gasteiger partial charge on any atom is -0.320 e. The Morgan fingerprint density at radius 1 is 0.968 bits per heavy atom. The fourth-order valence-electron chi connectivity index (χ4n) is 3.20. The molecule has 0 radical (unpaired) electrons. The summed E-state index contributed by atoms with van der Waals surface area (Å²) in [6.45, 7) is 3.65. The van der Waals surface area contributed by atoms with Gasteiger partial charge in [0.2, 0.25) is 0 Å². The highest BCUT2D eigenvalue weighted by atomic mass is 19.4. The molecule has 0 bridgehead atoms. The van der Waals surface area contributed by atoms with E-state index in [-0.39, 0.29) is 5.91 Å². The van der Waals surface area contributed by atoms with E-state index in [9.17, 15) is 18.0 Å². The summed E-state index contributed by atoms with van der Waals surface area (Å²) in [7, 11) is 0. The molecule has 4 rings (SSSR count). The van der Waals surface area contributed by atoms with Crippen LogP contribution in [0.2, 0.25) is 0 Å². The number of aromatic nitrogens is 3. The average molecular weight is 422 g/mol. The molecule has 2 aromatic heterocycles. The SMILES string of the molecule is Cc1cc(-c2ncc3cc(C(F)(F)F)ccc3n2)ccc1NC(=O)c1ncccc1C. The molecule has 4 aromatic rings. The number of carbonyl (C=O) groups is 1. The fraction of sp³-hybridized carbons (Fsp3) is 0.130. The number of carbonyl (C=O) groups excluding carboxylic acids is 1. The maximum Gasteiger partial charge on any atom is 0.416 e. The Bertz CT molecular complexity index is 1300. The molecule has 1 amide bonds. The third-order valence-electron chi connectivity index (χ3n) is 4.86. The third kappa shape index (κ3) is 4.23. The summed E-state index contributed by atoms with van der Waals surface area (Å²) in [5, 5.41) is 3.16. The zero-order chi connectivity index (χ0) is 22.2. The first kappa shape index (κ1) is 20.5. The molecule has 5 nitrogen and oxygen atoms in total. The van der Waals surface area contributed by atoms with Gasteiger partial charge in [-0.2, -0.15) is 13.2 Å². The molecular formula is C23H17F3N4O. The third-order valence-corrected chi connectivity index (χ3v) is 4.86. The second kappa shape index (κ2) is 7.79. The Labute approximate surface area is 176 Å². The number of nitrogens with one attached hydrogen (secondary N) is 1. The molecule has 2 aromatic carbocycles. The van der Waals surface area contributed by atoms with Gasteiger partial charge < -0.3 is 5.32 Å². The van der Waals surface area contributed by atoms with E-state index in [1.165, 1.54) is 12.3 Å². The molecular weight excluding hydrogens is 405 g/mol. The molecule has 156 valence electrons. The summed E-state index contributed by atoms with van der Waals surface area (Å²) in [4.78, 5) is 25.2. The molecule has 0 saturated heterocycles. The van der Waals surface area contributed by atoms with Crippen LogP contribution in [0.3, 0.4) is 0 Å². The number of pyridine rings is 1. The first-order valence-electron chi connectivity index (χ1n) is 9.40. The molecule has 1 N–H and O–H groups in total. The second-order valence-electron chi connectivity index (χ2n) is 7.12. The number of hydrogen-bond donors (Lipinski definition) is 1. The Kier molecular flexibility index (Phi) is 5.14. The normalized spacial score (nSPS) is 11.5. The quantitative estimate of drug-likeness (QED) is 0.468. The van der Waals surface area contributed by atoms with Gasteiger partial charge in [-0.05, 0) is 67.4 Å². The van der Waals surface area contributed by atoms with Crippen LogP contribution < -0.4 is 5.32 Å². The van der Waals surface area contributed by atoms with Crippen LogP contribution in [0.1, 0.15) is 27.2 Å². The van der Waals surface area contributed by atoms with Crippen LogP contribution >= 0.6 is 0 Å². The maximum absolute atomic E-state index is 12.9. The minimum absolute atomic E-state index is 0.309. The van der Waals surface area contributed by atoms with Crippen molar-refractivity contribution >= 4 is 22.5 Å². The lowest BCUT2D eigenvalue weighted by Gasteiger charge is -2.11. The molecule has 0 fully saturated rings. The Balaban J connectivity index is 1.61. The van der Waals surface area contributed by atoms with E-state index >= 15 is 0 Å². The molecule has 2 heterocycles. The molecule has 0 unspecified atom stereocenters. The van der Waals surface area contributed by atoms with Crippen molar-refractivity contribution in [1.29, 1.82) is 0 Å². The van der Waals surface area contributed by atoms with Gasteiger partial charge in [-0.25, -0.2) is 9.97 Å². The average Bonchev–Trinajstić information content (AvgIpc) is 2.74. The van der Waals surface area contributed by atoms with Crippen molar-refractivity contribution in [2.45, 2.75) is 20.0 Å². The van der Waals surface area contributed by atoms with Gasteiger partial charge >= 0.3 is 6.18 Å². The van der Waals surface area contributed by atoms with Crippen molar-refractivity contribution in [3.8, 4) is 11.4 Å². The van der Waals surface area contributed by atoms with Crippen LogP contribution in [0.15, 0.2) is 60.9 Å². The van der Waals surface area contributed by atoms with Crippen molar-refractivity contribution in [3.05, 3.63) is 83.3 Å². The number of amides is 1. The van der Waals surface area contributed by atoms with E-state index in [4.69, 9.17) is 0 Å². The molecule has 0 aliphatic carbocycles. The number of anilines is 1. The molecule has 0 aliphatic heterocycles. The smallest absolute Gasteiger partial charge is 0.320 e. The summed E-state index contributed by atoms with van der Waals surface area (Å²) in [6, 6.07) is 12.2. The first-order valence-corrected chi connectivity index (χ1v) is 9.40. The van der Waals surface area contributed by atoms with Crippen molar-refractivity contribution in [2.24, 2.45) is 0 Å². The first-order chi connectivity index (χ1) is 14.7. The zero-order valence-corrected chi connectivity index (χ0v) is 16.7. The van der Waals surface area contributed by atoms with Crippen molar-refractivity contribution in [3.63, 3.8) is 0 Å². The van der Waals surface area contributed by atoms with E-state index in [2.05, 4.69) is 20.3 Å².